The lowest BCUT2D eigenvalue weighted by Crippen LogP contribution is -2.07. The second-order valence-electron chi connectivity index (χ2n) is 5.28. The van der Waals surface area contributed by atoms with Gasteiger partial charge in [-0.1, -0.05) is 23.4 Å². The van der Waals surface area contributed by atoms with E-state index < -0.39 is 0 Å². The molecule has 0 N–H and O–H groups in total. The molecule has 110 valence electrons. The monoisotopic (exact) mass is 284 g/mol. The van der Waals surface area contributed by atoms with Crippen LogP contribution in [0.3, 0.4) is 0 Å². The van der Waals surface area contributed by atoms with Crippen molar-refractivity contribution in [3.05, 3.63) is 46.3 Å². The predicted octanol–water partition coefficient (Wildman–Crippen LogP) is 3.98. The third kappa shape index (κ3) is 3.25. The molecule has 0 aliphatic heterocycles. The molecule has 1 atom stereocenters. The summed E-state index contributed by atoms with van der Waals surface area (Å²) >= 11 is 0. The molecule has 0 bridgehead atoms. The Hall–Kier alpha value is -2.28. The third-order valence-electron chi connectivity index (χ3n) is 3.65. The molecule has 4 heteroatoms. The van der Waals surface area contributed by atoms with E-state index >= 15 is 0 Å². The van der Waals surface area contributed by atoms with Crippen molar-refractivity contribution in [2.45, 2.75) is 40.0 Å². The zero-order valence-corrected chi connectivity index (χ0v) is 12.9. The number of rotatable bonds is 5. The van der Waals surface area contributed by atoms with Crippen molar-refractivity contribution in [1.82, 2.24) is 5.16 Å². The molecule has 1 unspecified atom stereocenters. The van der Waals surface area contributed by atoms with Gasteiger partial charge in [-0.2, -0.15) is 5.26 Å². The topological polar surface area (TPSA) is 59.0 Å². The second-order valence-corrected chi connectivity index (χ2v) is 5.28. The van der Waals surface area contributed by atoms with Crippen molar-refractivity contribution in [1.29, 1.82) is 5.26 Å². The standard InChI is InChI=1S/C17H20N2O2/c1-11-6-5-7-12(2)17(11)20-9-8-15(10-18)16-13(3)19-21-14(16)4/h5-7,15H,8-9H2,1-4H3. The van der Waals surface area contributed by atoms with E-state index in [2.05, 4.69) is 11.2 Å². The Morgan fingerprint density at radius 3 is 2.43 bits per heavy atom. The molecule has 2 rings (SSSR count). The van der Waals surface area contributed by atoms with Crippen LogP contribution in [0.1, 0.15) is 40.5 Å². The van der Waals surface area contributed by atoms with E-state index in [-0.39, 0.29) is 5.92 Å². The third-order valence-corrected chi connectivity index (χ3v) is 3.65. The Morgan fingerprint density at radius 2 is 1.90 bits per heavy atom. The molecular formula is C17H20N2O2. The summed E-state index contributed by atoms with van der Waals surface area (Å²) in [5, 5.41) is 13.3. The van der Waals surface area contributed by atoms with Crippen LogP contribution >= 0.6 is 0 Å². The summed E-state index contributed by atoms with van der Waals surface area (Å²) in [5.41, 5.74) is 3.90. The van der Waals surface area contributed by atoms with E-state index in [0.717, 1.165) is 28.1 Å². The predicted molar refractivity (Wildman–Crippen MR) is 80.4 cm³/mol. The second kappa shape index (κ2) is 6.45. The molecule has 1 aromatic heterocycles. The van der Waals surface area contributed by atoms with Gasteiger partial charge in [-0.05, 0) is 38.8 Å². The van der Waals surface area contributed by atoms with Crippen molar-refractivity contribution < 1.29 is 9.26 Å². The molecule has 0 aliphatic carbocycles. The van der Waals surface area contributed by atoms with Crippen LogP contribution in [0.15, 0.2) is 22.7 Å². The number of aromatic nitrogens is 1. The first-order chi connectivity index (χ1) is 10.0. The number of hydrogen-bond donors (Lipinski definition) is 0. The number of benzene rings is 1. The zero-order chi connectivity index (χ0) is 15.4. The van der Waals surface area contributed by atoms with Gasteiger partial charge in [0.1, 0.15) is 11.5 Å². The Bertz CT molecular complexity index is 628. The van der Waals surface area contributed by atoms with Crippen LogP contribution in [0, 0.1) is 39.0 Å². The van der Waals surface area contributed by atoms with Crippen LogP contribution in [-0.4, -0.2) is 11.8 Å². The molecule has 0 saturated carbocycles. The van der Waals surface area contributed by atoms with Crippen molar-refractivity contribution >= 4 is 0 Å². The van der Waals surface area contributed by atoms with Crippen molar-refractivity contribution in [3.8, 4) is 11.8 Å². The molecule has 0 spiro atoms. The van der Waals surface area contributed by atoms with Crippen molar-refractivity contribution in [2.75, 3.05) is 6.61 Å². The highest BCUT2D eigenvalue weighted by molar-refractivity contribution is 5.39. The van der Waals surface area contributed by atoms with Gasteiger partial charge in [-0.25, -0.2) is 0 Å². The van der Waals surface area contributed by atoms with Gasteiger partial charge in [0.05, 0.1) is 24.3 Å². The normalized spacial score (nSPS) is 12.0. The maximum atomic E-state index is 9.38. The summed E-state index contributed by atoms with van der Waals surface area (Å²) in [6.45, 7) is 8.25. The summed E-state index contributed by atoms with van der Waals surface area (Å²) in [5.74, 6) is 1.37. The Morgan fingerprint density at radius 1 is 1.24 bits per heavy atom. The summed E-state index contributed by atoms with van der Waals surface area (Å²) < 4.78 is 11.0. The fraction of sp³-hybridized carbons (Fsp3) is 0.412. The van der Waals surface area contributed by atoms with E-state index in [1.165, 1.54) is 0 Å². The summed E-state index contributed by atoms with van der Waals surface area (Å²) in [7, 11) is 0. The molecule has 0 amide bonds. The van der Waals surface area contributed by atoms with E-state index in [9.17, 15) is 5.26 Å². The first-order valence-electron chi connectivity index (χ1n) is 7.06. The number of ether oxygens (including phenoxy) is 1. The van der Waals surface area contributed by atoms with E-state index in [1.54, 1.807) is 0 Å². The minimum atomic E-state index is -0.249. The molecular weight excluding hydrogens is 264 g/mol. The summed E-state index contributed by atoms with van der Waals surface area (Å²) in [4.78, 5) is 0. The molecule has 21 heavy (non-hydrogen) atoms. The number of para-hydroxylation sites is 1. The molecule has 0 fully saturated rings. The lowest BCUT2D eigenvalue weighted by atomic mass is 9.96. The largest absolute Gasteiger partial charge is 0.493 e. The highest BCUT2D eigenvalue weighted by atomic mass is 16.5. The molecule has 1 heterocycles. The fourth-order valence-electron chi connectivity index (χ4n) is 2.57. The highest BCUT2D eigenvalue weighted by Crippen LogP contribution is 2.27. The van der Waals surface area contributed by atoms with Crippen molar-refractivity contribution in [3.63, 3.8) is 0 Å². The van der Waals surface area contributed by atoms with Crippen LogP contribution in [0.2, 0.25) is 0 Å². The maximum absolute atomic E-state index is 9.38. The summed E-state index contributed by atoms with van der Waals surface area (Å²) in [6, 6.07) is 8.39. The van der Waals surface area contributed by atoms with Gasteiger partial charge < -0.3 is 9.26 Å². The van der Waals surface area contributed by atoms with Gasteiger partial charge in [0.2, 0.25) is 0 Å². The van der Waals surface area contributed by atoms with Crippen LogP contribution in [0.25, 0.3) is 0 Å². The molecule has 1 aromatic carbocycles. The van der Waals surface area contributed by atoms with Gasteiger partial charge in [-0.15, -0.1) is 0 Å². The molecule has 0 radical (unpaired) electrons. The Labute approximate surface area is 125 Å². The molecule has 0 aliphatic rings. The van der Waals surface area contributed by atoms with Crippen LogP contribution in [0.4, 0.5) is 0 Å². The van der Waals surface area contributed by atoms with Gasteiger partial charge in [0.15, 0.2) is 0 Å². The van der Waals surface area contributed by atoms with Gasteiger partial charge in [0, 0.05) is 12.0 Å². The molecule has 0 saturated heterocycles. The Balaban J connectivity index is 2.04. The smallest absolute Gasteiger partial charge is 0.138 e. The number of aryl methyl sites for hydroxylation is 4. The van der Waals surface area contributed by atoms with Crippen molar-refractivity contribution in [2.24, 2.45) is 0 Å². The van der Waals surface area contributed by atoms with E-state index in [1.807, 2.05) is 45.9 Å². The molecule has 2 aromatic rings. The lowest BCUT2D eigenvalue weighted by molar-refractivity contribution is 0.301. The maximum Gasteiger partial charge on any atom is 0.138 e. The SMILES string of the molecule is Cc1cccc(C)c1OCCC(C#N)c1c(C)noc1C. The number of nitrogens with zero attached hydrogens (tertiary/aromatic N) is 2. The van der Waals surface area contributed by atoms with Crippen LogP contribution in [0.5, 0.6) is 5.75 Å². The van der Waals surface area contributed by atoms with Gasteiger partial charge in [-0.3, -0.25) is 0 Å². The summed E-state index contributed by atoms with van der Waals surface area (Å²) in [6.07, 6.45) is 0.618. The first kappa shape index (κ1) is 15.1. The average molecular weight is 284 g/mol. The van der Waals surface area contributed by atoms with Crippen LogP contribution < -0.4 is 4.74 Å². The van der Waals surface area contributed by atoms with E-state index in [4.69, 9.17) is 9.26 Å². The van der Waals surface area contributed by atoms with E-state index in [0.29, 0.717) is 18.8 Å². The van der Waals surface area contributed by atoms with Crippen LogP contribution in [-0.2, 0) is 0 Å². The highest BCUT2D eigenvalue weighted by Gasteiger charge is 2.20. The van der Waals surface area contributed by atoms with Gasteiger partial charge >= 0.3 is 0 Å². The number of hydrogen-bond acceptors (Lipinski definition) is 4. The fourth-order valence-corrected chi connectivity index (χ4v) is 2.57. The zero-order valence-electron chi connectivity index (χ0n) is 12.9. The van der Waals surface area contributed by atoms with Gasteiger partial charge in [0.25, 0.3) is 0 Å². The minimum absolute atomic E-state index is 0.249. The Kier molecular flexibility index (Phi) is 4.64. The minimum Gasteiger partial charge on any atom is -0.493 e. The first-order valence-corrected chi connectivity index (χ1v) is 7.06. The molecule has 4 nitrogen and oxygen atoms in total. The quantitative estimate of drug-likeness (QED) is 0.833. The average Bonchev–Trinajstić information content (AvgIpc) is 2.78. The lowest BCUT2D eigenvalue weighted by Gasteiger charge is -2.13. The number of nitriles is 1.